The van der Waals surface area contributed by atoms with Crippen LogP contribution >= 0.6 is 0 Å². The van der Waals surface area contributed by atoms with E-state index in [2.05, 4.69) is 5.16 Å². The quantitative estimate of drug-likeness (QED) is 0.906. The third-order valence-electron chi connectivity index (χ3n) is 2.53. The Hall–Kier alpha value is -1.88. The van der Waals surface area contributed by atoms with Crippen molar-refractivity contribution in [3.05, 3.63) is 47.1 Å². The first-order chi connectivity index (χ1) is 8.56. The highest BCUT2D eigenvalue weighted by Gasteiger charge is 2.08. The summed E-state index contributed by atoms with van der Waals surface area (Å²) in [6.07, 6.45) is 0. The fourth-order valence-electron chi connectivity index (χ4n) is 1.56. The van der Waals surface area contributed by atoms with E-state index in [1.54, 1.807) is 32.0 Å². The first-order valence-electron chi connectivity index (χ1n) is 5.66. The van der Waals surface area contributed by atoms with Gasteiger partial charge >= 0.3 is 0 Å². The summed E-state index contributed by atoms with van der Waals surface area (Å²) < 4.78 is 23.9. The molecule has 0 aliphatic rings. The van der Waals surface area contributed by atoms with Crippen molar-refractivity contribution in [2.75, 3.05) is 0 Å². The molecule has 0 amide bonds. The third-order valence-corrected chi connectivity index (χ3v) is 2.53. The first-order valence-corrected chi connectivity index (χ1v) is 5.66. The molecule has 0 spiro atoms. The molecule has 2 aromatic rings. The van der Waals surface area contributed by atoms with Crippen molar-refractivity contribution in [3.63, 3.8) is 0 Å². The Labute approximate surface area is 105 Å². The monoisotopic (exact) mass is 250 g/mol. The van der Waals surface area contributed by atoms with Gasteiger partial charge in [0.05, 0.1) is 0 Å². The molecule has 1 aromatic carbocycles. The third kappa shape index (κ3) is 2.87. The topological polar surface area (TPSA) is 61.3 Å². The van der Waals surface area contributed by atoms with Gasteiger partial charge in [-0.3, -0.25) is 0 Å². The number of hydrogen-bond acceptors (Lipinski definition) is 4. The number of halogens is 1. The molecular formula is C13H15FN2O2. The Morgan fingerprint density at radius 3 is 2.78 bits per heavy atom. The molecular weight excluding hydrogens is 235 g/mol. The van der Waals surface area contributed by atoms with Crippen molar-refractivity contribution in [3.8, 4) is 5.75 Å². The van der Waals surface area contributed by atoms with Crippen LogP contribution in [0.15, 0.2) is 28.8 Å². The molecule has 1 atom stereocenters. The number of nitrogens with two attached hydrogens (primary N) is 1. The Kier molecular flexibility index (Phi) is 3.62. The van der Waals surface area contributed by atoms with Crippen LogP contribution in [0.3, 0.4) is 0 Å². The molecule has 0 aliphatic heterocycles. The van der Waals surface area contributed by atoms with E-state index >= 15 is 0 Å². The summed E-state index contributed by atoms with van der Waals surface area (Å²) in [4.78, 5) is 0. The lowest BCUT2D eigenvalue weighted by Crippen LogP contribution is -2.06. The zero-order chi connectivity index (χ0) is 13.1. The van der Waals surface area contributed by atoms with Gasteiger partial charge in [0.25, 0.3) is 0 Å². The predicted octanol–water partition coefficient (Wildman–Crippen LogP) is 2.72. The maximum absolute atomic E-state index is 13.7. The molecule has 0 aliphatic carbocycles. The Bertz CT molecular complexity index is 538. The molecule has 0 radical (unpaired) electrons. The summed E-state index contributed by atoms with van der Waals surface area (Å²) in [7, 11) is 0. The fraction of sp³-hybridized carbons (Fsp3) is 0.308. The molecule has 0 saturated carbocycles. The maximum atomic E-state index is 13.7. The van der Waals surface area contributed by atoms with Crippen molar-refractivity contribution in [1.29, 1.82) is 0 Å². The normalized spacial score (nSPS) is 12.4. The summed E-state index contributed by atoms with van der Waals surface area (Å²) >= 11 is 0. The molecule has 0 fully saturated rings. The second-order valence-electron chi connectivity index (χ2n) is 4.20. The smallest absolute Gasteiger partial charge is 0.165 e. The van der Waals surface area contributed by atoms with Gasteiger partial charge in [-0.25, -0.2) is 4.39 Å². The first kappa shape index (κ1) is 12.6. The lowest BCUT2D eigenvalue weighted by molar-refractivity contribution is 0.275. The average Bonchev–Trinajstić information content (AvgIpc) is 2.73. The van der Waals surface area contributed by atoms with Crippen molar-refractivity contribution >= 4 is 0 Å². The molecule has 96 valence electrons. The molecule has 2 N–H and O–H groups in total. The van der Waals surface area contributed by atoms with Gasteiger partial charge in [-0.05, 0) is 31.5 Å². The standard InChI is InChI=1S/C13H15FN2O2/c1-8-5-11(16-18-8)7-17-13-4-3-10(9(2)15)6-12(13)14/h3-6,9H,7,15H2,1-2H3/t9-/m1/s1. The number of hydrogen-bond donors (Lipinski definition) is 1. The van der Waals surface area contributed by atoms with Gasteiger partial charge < -0.3 is 15.0 Å². The van der Waals surface area contributed by atoms with Crippen molar-refractivity contribution in [2.45, 2.75) is 26.5 Å². The number of nitrogens with zero attached hydrogens (tertiary/aromatic N) is 1. The van der Waals surface area contributed by atoms with E-state index in [9.17, 15) is 4.39 Å². The van der Waals surface area contributed by atoms with E-state index < -0.39 is 5.82 Å². The molecule has 5 heteroatoms. The van der Waals surface area contributed by atoms with Gasteiger partial charge in [-0.1, -0.05) is 11.2 Å². The second kappa shape index (κ2) is 5.18. The summed E-state index contributed by atoms with van der Waals surface area (Å²) in [5.74, 6) is 0.450. The van der Waals surface area contributed by atoms with Crippen LogP contribution in [0.25, 0.3) is 0 Å². The molecule has 18 heavy (non-hydrogen) atoms. The predicted molar refractivity (Wildman–Crippen MR) is 64.6 cm³/mol. The van der Waals surface area contributed by atoms with Crippen molar-refractivity contribution < 1.29 is 13.7 Å². The molecule has 1 heterocycles. The van der Waals surface area contributed by atoms with E-state index in [0.717, 1.165) is 5.56 Å². The summed E-state index contributed by atoms with van der Waals surface area (Å²) in [5.41, 5.74) is 7.03. The van der Waals surface area contributed by atoms with E-state index in [4.69, 9.17) is 15.0 Å². The van der Waals surface area contributed by atoms with Crippen LogP contribution in [-0.2, 0) is 6.61 Å². The van der Waals surface area contributed by atoms with Crippen LogP contribution in [0, 0.1) is 12.7 Å². The minimum atomic E-state index is -0.426. The number of aryl methyl sites for hydroxylation is 1. The average molecular weight is 250 g/mol. The Morgan fingerprint density at radius 1 is 1.44 bits per heavy atom. The molecule has 4 nitrogen and oxygen atoms in total. The number of rotatable bonds is 4. The lowest BCUT2D eigenvalue weighted by atomic mass is 10.1. The van der Waals surface area contributed by atoms with Crippen LogP contribution in [0.2, 0.25) is 0 Å². The van der Waals surface area contributed by atoms with E-state index in [1.165, 1.54) is 6.07 Å². The van der Waals surface area contributed by atoms with Gasteiger partial charge in [0, 0.05) is 12.1 Å². The molecule has 0 bridgehead atoms. The van der Waals surface area contributed by atoms with Crippen LogP contribution in [0.5, 0.6) is 5.75 Å². The van der Waals surface area contributed by atoms with Gasteiger partial charge in [-0.2, -0.15) is 0 Å². The van der Waals surface area contributed by atoms with Gasteiger partial charge in [0.2, 0.25) is 0 Å². The van der Waals surface area contributed by atoms with E-state index in [-0.39, 0.29) is 18.4 Å². The Morgan fingerprint density at radius 2 is 2.22 bits per heavy atom. The summed E-state index contributed by atoms with van der Waals surface area (Å²) in [6.45, 7) is 3.76. The highest BCUT2D eigenvalue weighted by molar-refractivity contribution is 5.30. The zero-order valence-electron chi connectivity index (χ0n) is 10.3. The number of benzene rings is 1. The van der Waals surface area contributed by atoms with E-state index in [1.807, 2.05) is 0 Å². The van der Waals surface area contributed by atoms with Gasteiger partial charge in [0.1, 0.15) is 18.1 Å². The van der Waals surface area contributed by atoms with Crippen molar-refractivity contribution in [1.82, 2.24) is 5.16 Å². The van der Waals surface area contributed by atoms with Crippen LogP contribution in [0.4, 0.5) is 4.39 Å². The van der Waals surface area contributed by atoms with Crippen LogP contribution < -0.4 is 10.5 Å². The summed E-state index contributed by atoms with van der Waals surface area (Å²) in [5, 5.41) is 3.76. The number of aromatic nitrogens is 1. The molecule has 1 aromatic heterocycles. The van der Waals surface area contributed by atoms with Gasteiger partial charge in [-0.15, -0.1) is 0 Å². The van der Waals surface area contributed by atoms with Crippen LogP contribution in [-0.4, -0.2) is 5.16 Å². The summed E-state index contributed by atoms with van der Waals surface area (Å²) in [6, 6.07) is 6.24. The van der Waals surface area contributed by atoms with Crippen LogP contribution in [0.1, 0.15) is 30.0 Å². The minimum Gasteiger partial charge on any atom is -0.484 e. The van der Waals surface area contributed by atoms with Crippen molar-refractivity contribution in [2.24, 2.45) is 5.73 Å². The van der Waals surface area contributed by atoms with Gasteiger partial charge in [0.15, 0.2) is 11.6 Å². The molecule has 0 saturated heterocycles. The maximum Gasteiger partial charge on any atom is 0.165 e. The SMILES string of the molecule is Cc1cc(COc2ccc([C@@H](C)N)cc2F)no1. The minimum absolute atomic E-state index is 0.172. The highest BCUT2D eigenvalue weighted by atomic mass is 19.1. The molecule has 0 unspecified atom stereocenters. The largest absolute Gasteiger partial charge is 0.484 e. The fourth-order valence-corrected chi connectivity index (χ4v) is 1.56. The number of ether oxygens (including phenoxy) is 1. The molecule has 2 rings (SSSR count). The highest BCUT2D eigenvalue weighted by Crippen LogP contribution is 2.22. The Balaban J connectivity index is 2.05. The lowest BCUT2D eigenvalue weighted by Gasteiger charge is -2.09. The second-order valence-corrected chi connectivity index (χ2v) is 4.20. The zero-order valence-corrected chi connectivity index (χ0v) is 10.3. The van der Waals surface area contributed by atoms with E-state index in [0.29, 0.717) is 11.5 Å².